The second-order valence-corrected chi connectivity index (χ2v) is 10.2. The third-order valence-electron chi connectivity index (χ3n) is 7.66. The number of halogens is 3. The third-order valence-corrected chi connectivity index (χ3v) is 7.66. The van der Waals surface area contributed by atoms with Crippen LogP contribution in [-0.4, -0.2) is 51.5 Å². The number of nitrogens with zero attached hydrogens (tertiary/aromatic N) is 3. The van der Waals surface area contributed by atoms with Crippen molar-refractivity contribution < 1.29 is 18.3 Å². The molecule has 0 spiro atoms. The van der Waals surface area contributed by atoms with Gasteiger partial charge in [-0.1, -0.05) is 25.7 Å². The highest BCUT2D eigenvalue weighted by molar-refractivity contribution is 5.60. The van der Waals surface area contributed by atoms with E-state index in [1.807, 2.05) is 0 Å². The van der Waals surface area contributed by atoms with Gasteiger partial charge in [-0.3, -0.25) is 4.90 Å². The van der Waals surface area contributed by atoms with Crippen LogP contribution in [0.4, 0.5) is 19.0 Å². The first kappa shape index (κ1) is 22.6. The number of fused-ring (bicyclic) bond motifs is 1. The molecule has 1 saturated heterocycles. The van der Waals surface area contributed by atoms with E-state index in [0.29, 0.717) is 23.7 Å². The molecular weight excluding hydrogens is 429 g/mol. The van der Waals surface area contributed by atoms with Crippen molar-refractivity contribution >= 4 is 5.82 Å². The summed E-state index contributed by atoms with van der Waals surface area (Å²) < 4.78 is 41.0. The normalized spacial score (nSPS) is 27.3. The van der Waals surface area contributed by atoms with Crippen LogP contribution in [-0.2, 0) is 0 Å². The Kier molecular flexibility index (Phi) is 6.31. The summed E-state index contributed by atoms with van der Waals surface area (Å²) in [4.78, 5) is 2.46. The zero-order valence-electron chi connectivity index (χ0n) is 18.7. The van der Waals surface area contributed by atoms with Gasteiger partial charge in [0.25, 0.3) is 0 Å². The van der Waals surface area contributed by atoms with Crippen LogP contribution < -0.4 is 5.32 Å². The van der Waals surface area contributed by atoms with Gasteiger partial charge in [0.05, 0.1) is 11.3 Å². The minimum atomic E-state index is -1.24. The lowest BCUT2D eigenvalue weighted by Crippen LogP contribution is -2.42. The van der Waals surface area contributed by atoms with Gasteiger partial charge >= 0.3 is 0 Å². The lowest BCUT2D eigenvalue weighted by Gasteiger charge is -2.32. The Bertz CT molecular complexity index is 964. The molecule has 3 fully saturated rings. The molecule has 2 aromatic rings. The van der Waals surface area contributed by atoms with E-state index in [4.69, 9.17) is 0 Å². The minimum Gasteiger partial charge on any atom is -0.389 e. The van der Waals surface area contributed by atoms with E-state index < -0.39 is 23.1 Å². The van der Waals surface area contributed by atoms with Crippen molar-refractivity contribution in [3.8, 4) is 11.3 Å². The summed E-state index contributed by atoms with van der Waals surface area (Å²) >= 11 is 0. The van der Waals surface area contributed by atoms with Crippen LogP contribution in [0.15, 0.2) is 24.3 Å². The Balaban J connectivity index is 1.16. The maximum absolute atomic E-state index is 14.0. The maximum atomic E-state index is 14.0. The number of likely N-dealkylation sites (tertiary alicyclic amines) is 1. The molecule has 2 heterocycles. The van der Waals surface area contributed by atoms with E-state index in [1.54, 1.807) is 6.07 Å². The van der Waals surface area contributed by atoms with E-state index in [2.05, 4.69) is 20.4 Å². The number of anilines is 1. The van der Waals surface area contributed by atoms with E-state index in [0.717, 1.165) is 64.2 Å². The summed E-state index contributed by atoms with van der Waals surface area (Å²) in [6, 6.07) is 4.92. The number of rotatable bonds is 5. The summed E-state index contributed by atoms with van der Waals surface area (Å²) in [6.45, 7) is 2.85. The largest absolute Gasteiger partial charge is 0.389 e. The molecule has 3 aliphatic rings. The SMILES string of the molecule is OC1(CN2C[C@H]3C[C@H](Nc4ccc(-c5cc(F)cc(F)c5F)nn4)C[C@H]3C2)CCCCCC1. The summed E-state index contributed by atoms with van der Waals surface area (Å²) in [5.41, 5.74) is -0.669. The molecule has 0 bridgehead atoms. The van der Waals surface area contributed by atoms with E-state index >= 15 is 0 Å². The number of nitrogens with one attached hydrogen (secondary N) is 1. The molecule has 178 valence electrons. The molecule has 1 aromatic carbocycles. The van der Waals surface area contributed by atoms with E-state index in [-0.39, 0.29) is 17.3 Å². The Hall–Kier alpha value is -2.19. The molecule has 2 aliphatic carbocycles. The lowest BCUT2D eigenvalue weighted by atomic mass is 9.94. The quantitative estimate of drug-likeness (QED) is 0.497. The van der Waals surface area contributed by atoms with Crippen molar-refractivity contribution in [2.45, 2.75) is 63.0 Å². The third kappa shape index (κ3) is 5.01. The highest BCUT2D eigenvalue weighted by Gasteiger charge is 2.43. The average Bonchev–Trinajstić information content (AvgIpc) is 3.22. The first-order valence-electron chi connectivity index (χ1n) is 12.1. The number of benzene rings is 1. The smallest absolute Gasteiger partial charge is 0.168 e. The fraction of sp³-hybridized carbons (Fsp3) is 0.600. The Morgan fingerprint density at radius 2 is 1.67 bits per heavy atom. The van der Waals surface area contributed by atoms with E-state index in [9.17, 15) is 18.3 Å². The standard InChI is InChI=1S/C25H31F3N4O/c26-18-11-20(24(28)21(27)12-18)22-5-6-23(31-30-22)29-19-9-16-13-32(14-17(16)10-19)15-25(33)7-3-1-2-4-8-25/h5-6,11-12,16-17,19,33H,1-4,7-10,13-15H2,(H,29,31)/t16-,17+,19+. The molecule has 3 atom stereocenters. The number of aliphatic hydroxyl groups is 1. The molecule has 2 N–H and O–H groups in total. The summed E-state index contributed by atoms with van der Waals surface area (Å²) in [7, 11) is 0. The van der Waals surface area contributed by atoms with Crippen molar-refractivity contribution in [2.24, 2.45) is 11.8 Å². The Morgan fingerprint density at radius 1 is 0.970 bits per heavy atom. The molecule has 1 aliphatic heterocycles. The van der Waals surface area contributed by atoms with Crippen LogP contribution in [0.2, 0.25) is 0 Å². The van der Waals surface area contributed by atoms with Crippen molar-refractivity contribution in [1.82, 2.24) is 15.1 Å². The molecule has 0 amide bonds. The number of hydrogen-bond donors (Lipinski definition) is 2. The van der Waals surface area contributed by atoms with Crippen LogP contribution in [0.1, 0.15) is 51.4 Å². The molecule has 33 heavy (non-hydrogen) atoms. The van der Waals surface area contributed by atoms with Crippen LogP contribution in [0.5, 0.6) is 0 Å². The van der Waals surface area contributed by atoms with Gasteiger partial charge in [-0.15, -0.1) is 10.2 Å². The fourth-order valence-electron chi connectivity index (χ4n) is 6.11. The summed E-state index contributed by atoms with van der Waals surface area (Å²) in [6.07, 6.45) is 8.64. The van der Waals surface area contributed by atoms with Gasteiger partial charge in [0, 0.05) is 37.3 Å². The first-order valence-corrected chi connectivity index (χ1v) is 12.1. The average molecular weight is 461 g/mol. The second-order valence-electron chi connectivity index (χ2n) is 10.2. The van der Waals surface area contributed by atoms with Gasteiger partial charge in [0.2, 0.25) is 0 Å². The zero-order valence-corrected chi connectivity index (χ0v) is 18.7. The Morgan fingerprint density at radius 3 is 2.30 bits per heavy atom. The summed E-state index contributed by atoms with van der Waals surface area (Å²) in [5, 5.41) is 22.5. The van der Waals surface area contributed by atoms with Crippen molar-refractivity contribution in [3.05, 3.63) is 41.7 Å². The van der Waals surface area contributed by atoms with E-state index in [1.165, 1.54) is 18.9 Å². The molecular formula is C25H31F3N4O. The van der Waals surface area contributed by atoms with Crippen molar-refractivity contribution in [1.29, 1.82) is 0 Å². The first-order chi connectivity index (χ1) is 15.9. The topological polar surface area (TPSA) is 61.3 Å². The van der Waals surface area contributed by atoms with Crippen LogP contribution in [0.3, 0.4) is 0 Å². The Labute approximate surface area is 192 Å². The van der Waals surface area contributed by atoms with Crippen molar-refractivity contribution in [3.63, 3.8) is 0 Å². The predicted octanol–water partition coefficient (Wildman–Crippen LogP) is 4.77. The monoisotopic (exact) mass is 460 g/mol. The van der Waals surface area contributed by atoms with Crippen LogP contribution in [0.25, 0.3) is 11.3 Å². The highest BCUT2D eigenvalue weighted by atomic mass is 19.2. The lowest BCUT2D eigenvalue weighted by molar-refractivity contribution is -0.00559. The molecule has 0 radical (unpaired) electrons. The maximum Gasteiger partial charge on any atom is 0.168 e. The van der Waals surface area contributed by atoms with Crippen molar-refractivity contribution in [2.75, 3.05) is 25.0 Å². The molecule has 0 unspecified atom stereocenters. The molecule has 1 aromatic heterocycles. The van der Waals surface area contributed by atoms with Gasteiger partial charge in [-0.05, 0) is 55.7 Å². The van der Waals surface area contributed by atoms with Gasteiger partial charge in [0.1, 0.15) is 11.6 Å². The fourth-order valence-corrected chi connectivity index (χ4v) is 6.11. The number of hydrogen-bond acceptors (Lipinski definition) is 5. The molecule has 8 heteroatoms. The second kappa shape index (κ2) is 9.22. The molecule has 2 saturated carbocycles. The highest BCUT2D eigenvalue weighted by Crippen LogP contribution is 2.40. The number of β-amino-alcohol motifs (C(OH)–C–C–N with tert-alkyl or cyclic N) is 1. The molecule has 5 nitrogen and oxygen atoms in total. The predicted molar refractivity (Wildman–Crippen MR) is 120 cm³/mol. The van der Waals surface area contributed by atoms with Gasteiger partial charge in [0.15, 0.2) is 11.6 Å². The van der Waals surface area contributed by atoms with Gasteiger partial charge in [-0.25, -0.2) is 13.2 Å². The van der Waals surface area contributed by atoms with Gasteiger partial charge < -0.3 is 10.4 Å². The van der Waals surface area contributed by atoms with Crippen LogP contribution in [0, 0.1) is 29.3 Å². The van der Waals surface area contributed by atoms with Crippen LogP contribution >= 0.6 is 0 Å². The molecule has 5 rings (SSSR count). The zero-order chi connectivity index (χ0) is 23.0. The van der Waals surface area contributed by atoms with Gasteiger partial charge in [-0.2, -0.15) is 0 Å². The number of aromatic nitrogens is 2. The summed E-state index contributed by atoms with van der Waals surface area (Å²) in [5.74, 6) is -1.45. The minimum absolute atomic E-state index is 0.0897.